The van der Waals surface area contributed by atoms with Crippen LogP contribution in [0.15, 0.2) is 41.3 Å². The lowest BCUT2D eigenvalue weighted by Gasteiger charge is -2.24. The number of nitrogens with one attached hydrogen (secondary N) is 1. The number of sulfone groups is 1. The van der Waals surface area contributed by atoms with E-state index in [-0.39, 0.29) is 34.9 Å². The Hall–Kier alpha value is -3.42. The summed E-state index contributed by atoms with van der Waals surface area (Å²) in [7, 11) is -4.27. The minimum atomic E-state index is -4.27. The van der Waals surface area contributed by atoms with E-state index >= 15 is 4.39 Å². The number of benzene rings is 2. The van der Waals surface area contributed by atoms with Gasteiger partial charge in [0, 0.05) is 5.02 Å². The van der Waals surface area contributed by atoms with E-state index in [1.165, 1.54) is 6.07 Å². The number of aliphatic hydroxyl groups is 1. The van der Waals surface area contributed by atoms with Gasteiger partial charge in [-0.1, -0.05) is 23.7 Å². The molecule has 3 aromatic rings. The summed E-state index contributed by atoms with van der Waals surface area (Å²) in [4.78, 5) is 27.3. The van der Waals surface area contributed by atoms with Gasteiger partial charge in [-0.15, -0.1) is 10.2 Å². The van der Waals surface area contributed by atoms with Gasteiger partial charge in [0.25, 0.3) is 0 Å². The quantitative estimate of drug-likeness (QED) is 0.429. The standard InChI is InChI=1S/C27H31ClFN5O6S/c1-26(2,3)40-25(37)30-21-13-41(38,39)22-12-20(29)19(24-31-33-34(32-24)27(4,5)14-35)11-17(22)18(23(21)36)10-15-6-8-16(28)9-7-15/h6-9,11-12,18,21,35H,10,13-14H2,1-5H3,(H,30,37)/t18?,21-/m0/s1. The molecule has 1 amide bonds. The molecule has 4 rings (SSSR count). The number of carbonyl (C=O) groups is 2. The molecule has 0 fully saturated rings. The van der Waals surface area contributed by atoms with Crippen molar-refractivity contribution in [2.75, 3.05) is 12.4 Å². The van der Waals surface area contributed by atoms with Crippen molar-refractivity contribution in [3.63, 3.8) is 0 Å². The second-order valence-corrected chi connectivity index (χ2v) is 13.9. The number of amides is 1. The van der Waals surface area contributed by atoms with E-state index in [4.69, 9.17) is 16.3 Å². The van der Waals surface area contributed by atoms with Crippen molar-refractivity contribution in [2.24, 2.45) is 0 Å². The number of hydrogen-bond acceptors (Lipinski definition) is 9. The van der Waals surface area contributed by atoms with Crippen molar-refractivity contribution >= 4 is 33.3 Å². The summed E-state index contributed by atoms with van der Waals surface area (Å²) in [5.74, 6) is -3.58. The number of ether oxygens (including phenoxy) is 1. The fraction of sp³-hybridized carbons (Fsp3) is 0.444. The number of hydrogen-bond donors (Lipinski definition) is 2. The summed E-state index contributed by atoms with van der Waals surface area (Å²) in [6, 6.07) is 7.27. The van der Waals surface area contributed by atoms with Crippen LogP contribution in [0.3, 0.4) is 0 Å². The van der Waals surface area contributed by atoms with Gasteiger partial charge in [0.05, 0.1) is 28.7 Å². The third kappa shape index (κ3) is 6.74. The maximum Gasteiger partial charge on any atom is 0.408 e. The Bertz CT molecular complexity index is 1580. The first-order chi connectivity index (χ1) is 19.0. The molecule has 220 valence electrons. The van der Waals surface area contributed by atoms with Crippen LogP contribution in [-0.4, -0.2) is 69.6 Å². The number of carbonyl (C=O) groups excluding carboxylic acids is 2. The maximum absolute atomic E-state index is 15.5. The number of ketones is 1. The van der Waals surface area contributed by atoms with E-state index < -0.39 is 56.4 Å². The fourth-order valence-corrected chi connectivity index (χ4v) is 6.18. The molecular formula is C27H31ClFN5O6S. The number of alkyl carbamates (subject to hydrolysis) is 1. The number of aromatic nitrogens is 4. The highest BCUT2D eigenvalue weighted by molar-refractivity contribution is 7.91. The van der Waals surface area contributed by atoms with Crippen LogP contribution < -0.4 is 5.32 Å². The third-order valence-corrected chi connectivity index (χ3v) is 8.56. The zero-order chi connectivity index (χ0) is 30.3. The lowest BCUT2D eigenvalue weighted by atomic mass is 9.85. The van der Waals surface area contributed by atoms with Crippen LogP contribution in [0.4, 0.5) is 9.18 Å². The van der Waals surface area contributed by atoms with Crippen molar-refractivity contribution in [3.05, 3.63) is 58.4 Å². The lowest BCUT2D eigenvalue weighted by molar-refractivity contribution is -0.122. The molecule has 0 radical (unpaired) electrons. The Morgan fingerprint density at radius 2 is 1.85 bits per heavy atom. The molecule has 2 N–H and O–H groups in total. The molecule has 0 saturated carbocycles. The number of aliphatic hydroxyl groups excluding tert-OH is 1. The molecule has 0 aliphatic carbocycles. The molecule has 1 unspecified atom stereocenters. The predicted octanol–water partition coefficient (Wildman–Crippen LogP) is 3.44. The van der Waals surface area contributed by atoms with Gasteiger partial charge in [-0.3, -0.25) is 4.79 Å². The van der Waals surface area contributed by atoms with Gasteiger partial charge in [-0.25, -0.2) is 17.6 Å². The molecule has 1 aliphatic heterocycles. The Kier molecular flexibility index (Phi) is 8.27. The van der Waals surface area contributed by atoms with Crippen molar-refractivity contribution < 1.29 is 32.2 Å². The molecule has 2 aromatic carbocycles. The Labute approximate surface area is 242 Å². The van der Waals surface area contributed by atoms with Gasteiger partial charge in [0.2, 0.25) is 5.82 Å². The average molecular weight is 608 g/mol. The summed E-state index contributed by atoms with van der Waals surface area (Å²) in [5.41, 5.74) is -1.31. The van der Waals surface area contributed by atoms with Crippen molar-refractivity contribution in [1.82, 2.24) is 25.5 Å². The number of fused-ring (bicyclic) bond motifs is 1. The second-order valence-electron chi connectivity index (χ2n) is 11.5. The highest BCUT2D eigenvalue weighted by Crippen LogP contribution is 2.37. The summed E-state index contributed by atoms with van der Waals surface area (Å²) in [5, 5.41) is 24.5. The van der Waals surface area contributed by atoms with Crippen LogP contribution >= 0.6 is 11.6 Å². The minimum Gasteiger partial charge on any atom is -0.444 e. The maximum atomic E-state index is 15.5. The molecule has 0 spiro atoms. The number of halogens is 2. The van der Waals surface area contributed by atoms with Gasteiger partial charge in [0.1, 0.15) is 23.0 Å². The molecule has 1 aliphatic rings. The molecule has 11 nitrogen and oxygen atoms in total. The van der Waals surface area contributed by atoms with Gasteiger partial charge in [-0.2, -0.15) is 4.80 Å². The normalized spacial score (nSPS) is 18.9. The van der Waals surface area contributed by atoms with Crippen LogP contribution in [0.2, 0.25) is 5.02 Å². The van der Waals surface area contributed by atoms with Crippen LogP contribution in [0.1, 0.15) is 51.7 Å². The average Bonchev–Trinajstić information content (AvgIpc) is 3.35. The van der Waals surface area contributed by atoms with Gasteiger partial charge < -0.3 is 15.2 Å². The first kappa shape index (κ1) is 30.5. The Morgan fingerprint density at radius 3 is 2.46 bits per heavy atom. The fourth-order valence-electron chi connectivity index (χ4n) is 4.34. The molecule has 41 heavy (non-hydrogen) atoms. The number of Topliss-reactive ketones (excluding diaryl/α,β-unsaturated/α-hetero) is 1. The first-order valence-corrected chi connectivity index (χ1v) is 14.8. The third-order valence-electron chi connectivity index (χ3n) is 6.51. The minimum absolute atomic E-state index is 0.0348. The van der Waals surface area contributed by atoms with Gasteiger partial charge in [0.15, 0.2) is 15.6 Å². The van der Waals surface area contributed by atoms with Crippen molar-refractivity contribution in [2.45, 2.75) is 69.0 Å². The highest BCUT2D eigenvalue weighted by Gasteiger charge is 2.41. The van der Waals surface area contributed by atoms with Crippen LogP contribution in [0.25, 0.3) is 11.4 Å². The first-order valence-electron chi connectivity index (χ1n) is 12.8. The number of nitrogens with zero attached hydrogens (tertiary/aromatic N) is 4. The zero-order valence-corrected chi connectivity index (χ0v) is 24.8. The Balaban J connectivity index is 1.85. The lowest BCUT2D eigenvalue weighted by Crippen LogP contribution is -2.47. The monoisotopic (exact) mass is 607 g/mol. The van der Waals surface area contributed by atoms with Crippen LogP contribution in [-0.2, 0) is 31.3 Å². The molecule has 1 aromatic heterocycles. The molecule has 14 heteroatoms. The van der Waals surface area contributed by atoms with E-state index in [0.717, 1.165) is 10.9 Å². The van der Waals surface area contributed by atoms with E-state index in [0.29, 0.717) is 10.6 Å². The summed E-state index contributed by atoms with van der Waals surface area (Å²) in [6.45, 7) is 7.88. The van der Waals surface area contributed by atoms with Crippen molar-refractivity contribution in [1.29, 1.82) is 0 Å². The zero-order valence-electron chi connectivity index (χ0n) is 23.2. The number of rotatable bonds is 6. The largest absolute Gasteiger partial charge is 0.444 e. The van der Waals surface area contributed by atoms with E-state index in [1.807, 2.05) is 0 Å². The summed E-state index contributed by atoms with van der Waals surface area (Å²) in [6.07, 6.45) is -0.922. The Morgan fingerprint density at radius 1 is 1.20 bits per heavy atom. The molecule has 0 bridgehead atoms. The summed E-state index contributed by atoms with van der Waals surface area (Å²) >= 11 is 6.02. The second kappa shape index (κ2) is 11.1. The van der Waals surface area contributed by atoms with E-state index in [2.05, 4.69) is 20.7 Å². The number of tetrazole rings is 1. The van der Waals surface area contributed by atoms with E-state index in [1.54, 1.807) is 58.9 Å². The topological polar surface area (TPSA) is 153 Å². The van der Waals surface area contributed by atoms with Crippen LogP contribution in [0, 0.1) is 5.82 Å². The predicted molar refractivity (Wildman–Crippen MR) is 148 cm³/mol. The smallest absolute Gasteiger partial charge is 0.408 e. The SMILES string of the molecule is CC(C)(C)OC(=O)N[C@H]1CS(=O)(=O)c2cc(F)c(-c3nnn(C(C)(C)CO)n3)cc2C(Cc2ccc(Cl)cc2)C1=O. The van der Waals surface area contributed by atoms with Crippen molar-refractivity contribution in [3.8, 4) is 11.4 Å². The molecule has 2 atom stereocenters. The van der Waals surface area contributed by atoms with E-state index in [9.17, 15) is 23.1 Å². The summed E-state index contributed by atoms with van der Waals surface area (Å²) < 4.78 is 47.8. The van der Waals surface area contributed by atoms with Gasteiger partial charge >= 0.3 is 6.09 Å². The highest BCUT2D eigenvalue weighted by atomic mass is 35.5. The van der Waals surface area contributed by atoms with Crippen LogP contribution in [0.5, 0.6) is 0 Å². The van der Waals surface area contributed by atoms with Gasteiger partial charge in [-0.05, 0) is 81.6 Å². The molecule has 0 saturated heterocycles. The molecular weight excluding hydrogens is 577 g/mol. The molecule has 2 heterocycles.